The van der Waals surface area contributed by atoms with Gasteiger partial charge >= 0.3 is 5.97 Å². The van der Waals surface area contributed by atoms with E-state index in [0.717, 1.165) is 12.8 Å². The van der Waals surface area contributed by atoms with Crippen molar-refractivity contribution in [3.8, 4) is 11.5 Å². The molecule has 0 aromatic heterocycles. The van der Waals surface area contributed by atoms with Crippen molar-refractivity contribution in [2.75, 3.05) is 26.3 Å². The number of halogens is 1. The maximum atomic E-state index is 12.8. The van der Waals surface area contributed by atoms with Crippen LogP contribution in [0.15, 0.2) is 12.1 Å². The lowest BCUT2D eigenvalue weighted by Crippen LogP contribution is -2.30. The number of hydrogen-bond acceptors (Lipinski definition) is 4. The Bertz CT molecular complexity index is 664. The van der Waals surface area contributed by atoms with Crippen molar-refractivity contribution in [1.82, 2.24) is 4.90 Å². The Morgan fingerprint density at radius 3 is 2.58 bits per heavy atom. The predicted octanol–water partition coefficient (Wildman–Crippen LogP) is 3.71. The van der Waals surface area contributed by atoms with Gasteiger partial charge < -0.3 is 19.5 Å². The van der Waals surface area contributed by atoms with E-state index in [0.29, 0.717) is 41.8 Å². The van der Waals surface area contributed by atoms with Gasteiger partial charge in [-0.1, -0.05) is 31.9 Å². The molecule has 144 valence electrons. The van der Waals surface area contributed by atoms with E-state index in [1.807, 2.05) is 13.8 Å². The van der Waals surface area contributed by atoms with E-state index in [1.54, 1.807) is 17.0 Å². The Morgan fingerprint density at radius 1 is 1.27 bits per heavy atom. The van der Waals surface area contributed by atoms with Crippen LogP contribution in [-0.2, 0) is 4.79 Å². The molecule has 2 atom stereocenters. The van der Waals surface area contributed by atoms with Crippen LogP contribution in [-0.4, -0.2) is 48.2 Å². The second-order valence-corrected chi connectivity index (χ2v) is 6.96. The molecule has 0 bridgehead atoms. The SMILES string of the molecule is CCCCOc1c(Cl)cc(C(=O)N2C[C@@H](C)[C@H](C(=O)O)C2)cc1OCC. The summed E-state index contributed by atoms with van der Waals surface area (Å²) in [5.41, 5.74) is 0.375. The molecule has 1 aliphatic rings. The predicted molar refractivity (Wildman–Crippen MR) is 99.2 cm³/mol. The number of nitrogens with zero attached hydrogens (tertiary/aromatic N) is 1. The Kier molecular flexibility index (Phi) is 7.14. The van der Waals surface area contributed by atoms with Crippen LogP contribution in [0.4, 0.5) is 0 Å². The Balaban J connectivity index is 2.23. The molecule has 7 heteroatoms. The zero-order valence-corrected chi connectivity index (χ0v) is 16.2. The number of benzene rings is 1. The van der Waals surface area contributed by atoms with Crippen LogP contribution in [0.5, 0.6) is 11.5 Å². The fourth-order valence-corrected chi connectivity index (χ4v) is 3.31. The number of rotatable bonds is 8. The molecule has 1 aromatic rings. The van der Waals surface area contributed by atoms with Crippen LogP contribution in [0.25, 0.3) is 0 Å². The second-order valence-electron chi connectivity index (χ2n) is 6.55. The highest BCUT2D eigenvalue weighted by atomic mass is 35.5. The number of carboxylic acids is 1. The maximum Gasteiger partial charge on any atom is 0.308 e. The first-order chi connectivity index (χ1) is 12.4. The van der Waals surface area contributed by atoms with E-state index in [9.17, 15) is 14.7 Å². The summed E-state index contributed by atoms with van der Waals surface area (Å²) in [6, 6.07) is 3.18. The number of unbranched alkanes of at least 4 members (excludes halogenated alkanes) is 1. The lowest BCUT2D eigenvalue weighted by Gasteiger charge is -2.19. The van der Waals surface area contributed by atoms with Gasteiger partial charge in [0, 0.05) is 18.7 Å². The van der Waals surface area contributed by atoms with Crippen molar-refractivity contribution in [2.45, 2.75) is 33.6 Å². The van der Waals surface area contributed by atoms with Gasteiger partial charge in [0.25, 0.3) is 5.91 Å². The van der Waals surface area contributed by atoms with Crippen LogP contribution < -0.4 is 9.47 Å². The van der Waals surface area contributed by atoms with Crippen molar-refractivity contribution in [2.24, 2.45) is 11.8 Å². The maximum absolute atomic E-state index is 12.8. The molecule has 1 aromatic carbocycles. The van der Waals surface area contributed by atoms with Crippen molar-refractivity contribution in [3.63, 3.8) is 0 Å². The summed E-state index contributed by atoms with van der Waals surface area (Å²) < 4.78 is 11.3. The molecule has 0 spiro atoms. The van der Waals surface area contributed by atoms with E-state index >= 15 is 0 Å². The van der Waals surface area contributed by atoms with Crippen molar-refractivity contribution < 1.29 is 24.2 Å². The van der Waals surface area contributed by atoms with Crippen molar-refractivity contribution in [3.05, 3.63) is 22.7 Å². The van der Waals surface area contributed by atoms with E-state index in [4.69, 9.17) is 21.1 Å². The molecular weight excluding hydrogens is 358 g/mol. The van der Waals surface area contributed by atoms with E-state index in [-0.39, 0.29) is 18.4 Å². The Labute approximate surface area is 159 Å². The van der Waals surface area contributed by atoms with E-state index in [1.165, 1.54) is 0 Å². The molecule has 26 heavy (non-hydrogen) atoms. The first kappa shape index (κ1) is 20.4. The fraction of sp³-hybridized carbons (Fsp3) is 0.579. The highest BCUT2D eigenvalue weighted by Crippen LogP contribution is 2.37. The Hall–Kier alpha value is -1.95. The number of carboxylic acid groups (broad SMARTS) is 1. The fourth-order valence-electron chi connectivity index (χ4n) is 3.05. The Morgan fingerprint density at radius 2 is 2.00 bits per heavy atom. The monoisotopic (exact) mass is 383 g/mol. The lowest BCUT2D eigenvalue weighted by molar-refractivity contribution is -0.142. The average molecular weight is 384 g/mol. The lowest BCUT2D eigenvalue weighted by atomic mass is 9.99. The molecule has 1 N–H and O–H groups in total. The van der Waals surface area contributed by atoms with E-state index < -0.39 is 11.9 Å². The highest BCUT2D eigenvalue weighted by molar-refractivity contribution is 6.32. The third-order valence-electron chi connectivity index (χ3n) is 4.52. The summed E-state index contributed by atoms with van der Waals surface area (Å²) >= 11 is 6.34. The first-order valence-corrected chi connectivity index (χ1v) is 9.38. The summed E-state index contributed by atoms with van der Waals surface area (Å²) in [5, 5.41) is 9.57. The third-order valence-corrected chi connectivity index (χ3v) is 4.80. The van der Waals surface area contributed by atoms with Crippen LogP contribution in [0.1, 0.15) is 44.0 Å². The molecule has 2 rings (SSSR count). The summed E-state index contributed by atoms with van der Waals surface area (Å²) in [6.45, 7) is 7.30. The third kappa shape index (κ3) is 4.61. The normalized spacial score (nSPS) is 19.5. The number of carbonyl (C=O) groups is 2. The van der Waals surface area contributed by atoms with Gasteiger partial charge in [0.15, 0.2) is 11.5 Å². The van der Waals surface area contributed by atoms with Gasteiger partial charge in [-0.15, -0.1) is 0 Å². The summed E-state index contributed by atoms with van der Waals surface area (Å²) in [6.07, 6.45) is 1.89. The molecule has 1 heterocycles. The van der Waals surface area contributed by atoms with Crippen LogP contribution in [0, 0.1) is 11.8 Å². The zero-order chi connectivity index (χ0) is 19.3. The van der Waals surface area contributed by atoms with Gasteiger partial charge in [0.1, 0.15) is 0 Å². The minimum Gasteiger partial charge on any atom is -0.490 e. The van der Waals surface area contributed by atoms with Gasteiger partial charge in [-0.3, -0.25) is 9.59 Å². The summed E-state index contributed by atoms with van der Waals surface area (Å²) in [7, 11) is 0. The molecule has 1 saturated heterocycles. The second kappa shape index (κ2) is 9.12. The van der Waals surface area contributed by atoms with Gasteiger partial charge in [0.2, 0.25) is 0 Å². The van der Waals surface area contributed by atoms with Gasteiger partial charge in [-0.25, -0.2) is 0 Å². The molecule has 1 fully saturated rings. The highest BCUT2D eigenvalue weighted by Gasteiger charge is 2.37. The number of likely N-dealkylation sites (tertiary alicyclic amines) is 1. The van der Waals surface area contributed by atoms with Crippen LogP contribution in [0.3, 0.4) is 0 Å². The molecule has 0 aliphatic carbocycles. The quantitative estimate of drug-likeness (QED) is 0.692. The van der Waals surface area contributed by atoms with Crippen molar-refractivity contribution in [1.29, 1.82) is 0 Å². The number of hydrogen-bond donors (Lipinski definition) is 1. The molecule has 0 saturated carbocycles. The average Bonchev–Trinajstić information content (AvgIpc) is 2.98. The van der Waals surface area contributed by atoms with Crippen LogP contribution in [0.2, 0.25) is 5.02 Å². The van der Waals surface area contributed by atoms with Crippen molar-refractivity contribution >= 4 is 23.5 Å². The molecule has 6 nitrogen and oxygen atoms in total. The zero-order valence-electron chi connectivity index (χ0n) is 15.5. The first-order valence-electron chi connectivity index (χ1n) is 9.00. The topological polar surface area (TPSA) is 76.1 Å². The molecule has 0 radical (unpaired) electrons. The van der Waals surface area contributed by atoms with Gasteiger partial charge in [-0.05, 0) is 31.4 Å². The number of aliphatic carboxylic acids is 1. The summed E-state index contributed by atoms with van der Waals surface area (Å²) in [5.74, 6) is -0.880. The standard InChI is InChI=1S/C19H26ClNO5/c1-4-6-7-26-17-15(20)8-13(9-16(17)25-5-2)18(22)21-10-12(3)14(11-21)19(23)24/h8-9,12,14H,4-7,10-11H2,1-3H3,(H,23,24)/t12-,14-/m1/s1. The van der Waals surface area contributed by atoms with Gasteiger partial charge in [-0.2, -0.15) is 0 Å². The van der Waals surface area contributed by atoms with Gasteiger partial charge in [0.05, 0.1) is 24.2 Å². The number of amides is 1. The number of carbonyl (C=O) groups excluding carboxylic acids is 1. The van der Waals surface area contributed by atoms with Crippen LogP contribution >= 0.6 is 11.6 Å². The number of ether oxygens (including phenoxy) is 2. The minimum atomic E-state index is -0.875. The molecular formula is C19H26ClNO5. The molecule has 1 aliphatic heterocycles. The van der Waals surface area contributed by atoms with E-state index in [2.05, 4.69) is 6.92 Å². The summed E-state index contributed by atoms with van der Waals surface area (Å²) in [4.78, 5) is 25.7. The minimum absolute atomic E-state index is 0.0880. The molecule has 0 unspecified atom stereocenters. The molecule has 1 amide bonds. The smallest absolute Gasteiger partial charge is 0.308 e. The largest absolute Gasteiger partial charge is 0.490 e.